The SMILES string of the molecule is NC(CCCCBr)O[B]O. The van der Waals surface area contributed by atoms with E-state index in [1.807, 2.05) is 0 Å². The maximum Gasteiger partial charge on any atom is 0.486 e. The van der Waals surface area contributed by atoms with Crippen LogP contribution in [0, 0.1) is 0 Å². The van der Waals surface area contributed by atoms with Gasteiger partial charge >= 0.3 is 7.69 Å². The van der Waals surface area contributed by atoms with E-state index in [-0.39, 0.29) is 6.23 Å². The molecule has 1 atom stereocenters. The molecule has 0 spiro atoms. The van der Waals surface area contributed by atoms with Gasteiger partial charge in [-0.3, -0.25) is 0 Å². The number of halogens is 1. The van der Waals surface area contributed by atoms with E-state index >= 15 is 0 Å². The molecular weight excluding hydrogens is 197 g/mol. The molecule has 0 bridgehead atoms. The number of unbranched alkanes of at least 4 members (excludes halogenated alkanes) is 1. The second kappa shape index (κ2) is 7.53. The fraction of sp³-hybridized carbons (Fsp3) is 1.00. The van der Waals surface area contributed by atoms with Crippen molar-refractivity contribution in [1.29, 1.82) is 0 Å². The molecular formula is C5H12BBrNO2. The Bertz CT molecular complexity index is 76.7. The lowest BCUT2D eigenvalue weighted by atomic mass is 10.2. The Morgan fingerprint density at radius 2 is 2.30 bits per heavy atom. The van der Waals surface area contributed by atoms with E-state index in [2.05, 4.69) is 20.6 Å². The third-order valence-electron chi connectivity index (χ3n) is 1.11. The van der Waals surface area contributed by atoms with Crippen molar-refractivity contribution in [2.75, 3.05) is 5.33 Å². The van der Waals surface area contributed by atoms with E-state index in [0.717, 1.165) is 24.6 Å². The number of hydrogen-bond acceptors (Lipinski definition) is 3. The minimum Gasteiger partial charge on any atom is -0.429 e. The molecule has 1 unspecified atom stereocenters. The van der Waals surface area contributed by atoms with Crippen molar-refractivity contribution in [1.82, 2.24) is 0 Å². The Kier molecular flexibility index (Phi) is 7.85. The summed E-state index contributed by atoms with van der Waals surface area (Å²) >= 11 is 3.30. The van der Waals surface area contributed by atoms with Crippen molar-refractivity contribution in [3.05, 3.63) is 0 Å². The highest BCUT2D eigenvalue weighted by molar-refractivity contribution is 9.09. The lowest BCUT2D eigenvalue weighted by molar-refractivity contribution is 0.177. The second-order valence-corrected chi connectivity index (χ2v) is 2.76. The highest BCUT2D eigenvalue weighted by Gasteiger charge is 2.00. The van der Waals surface area contributed by atoms with Crippen LogP contribution in [-0.4, -0.2) is 24.3 Å². The summed E-state index contributed by atoms with van der Waals surface area (Å²) in [5, 5.41) is 9.15. The minimum absolute atomic E-state index is 0.357. The van der Waals surface area contributed by atoms with Crippen LogP contribution in [0.15, 0.2) is 0 Å². The molecule has 0 saturated carbocycles. The quantitative estimate of drug-likeness (QED) is 0.287. The maximum absolute atomic E-state index is 8.16. The lowest BCUT2D eigenvalue weighted by Crippen LogP contribution is -2.25. The van der Waals surface area contributed by atoms with E-state index in [1.165, 1.54) is 0 Å². The zero-order valence-electron chi connectivity index (χ0n) is 5.79. The molecule has 0 heterocycles. The van der Waals surface area contributed by atoms with Crippen LogP contribution in [0.5, 0.6) is 0 Å². The normalized spacial score (nSPS) is 13.1. The van der Waals surface area contributed by atoms with Crippen LogP contribution in [0.25, 0.3) is 0 Å². The molecule has 0 aliphatic rings. The first-order valence-corrected chi connectivity index (χ1v) is 4.36. The summed E-state index contributed by atoms with van der Waals surface area (Å²) in [7, 11) is 0.638. The van der Waals surface area contributed by atoms with Crippen LogP contribution < -0.4 is 5.73 Å². The predicted molar refractivity (Wildman–Crippen MR) is 44.7 cm³/mol. The summed E-state index contributed by atoms with van der Waals surface area (Å²) in [6, 6.07) is 0. The van der Waals surface area contributed by atoms with E-state index in [9.17, 15) is 0 Å². The Hall–Kier alpha value is 0.425. The smallest absolute Gasteiger partial charge is 0.429 e. The monoisotopic (exact) mass is 208 g/mol. The summed E-state index contributed by atoms with van der Waals surface area (Å²) in [5.74, 6) is 0. The molecule has 0 aromatic carbocycles. The van der Waals surface area contributed by atoms with Gasteiger partial charge in [0, 0.05) is 5.33 Å². The van der Waals surface area contributed by atoms with Gasteiger partial charge in [0.05, 0.1) is 6.23 Å². The summed E-state index contributed by atoms with van der Waals surface area (Å²) in [4.78, 5) is 0. The van der Waals surface area contributed by atoms with E-state index in [0.29, 0.717) is 7.69 Å². The van der Waals surface area contributed by atoms with Gasteiger partial charge in [-0.25, -0.2) is 0 Å². The highest BCUT2D eigenvalue weighted by Crippen LogP contribution is 2.01. The van der Waals surface area contributed by atoms with Crippen molar-refractivity contribution < 1.29 is 9.68 Å². The average molecular weight is 209 g/mol. The third-order valence-corrected chi connectivity index (χ3v) is 1.67. The van der Waals surface area contributed by atoms with Crippen LogP contribution in [-0.2, 0) is 4.65 Å². The van der Waals surface area contributed by atoms with Gasteiger partial charge in [-0.1, -0.05) is 15.9 Å². The van der Waals surface area contributed by atoms with E-state index in [4.69, 9.17) is 10.8 Å². The van der Waals surface area contributed by atoms with Gasteiger partial charge in [0.2, 0.25) is 0 Å². The zero-order chi connectivity index (χ0) is 7.82. The Labute approximate surface area is 70.4 Å². The topological polar surface area (TPSA) is 55.5 Å². The molecule has 0 rings (SSSR count). The number of rotatable bonds is 6. The standard InChI is InChI=1S/C5H12BBrNO2/c7-4-2-1-3-5(8)10-6-9/h5,9H,1-4,8H2. The molecule has 3 nitrogen and oxygen atoms in total. The molecule has 5 heteroatoms. The van der Waals surface area contributed by atoms with Crippen LogP contribution in [0.4, 0.5) is 0 Å². The largest absolute Gasteiger partial charge is 0.486 e. The van der Waals surface area contributed by atoms with Crippen LogP contribution in [0.2, 0.25) is 0 Å². The summed E-state index contributed by atoms with van der Waals surface area (Å²) < 4.78 is 4.58. The molecule has 3 N–H and O–H groups in total. The van der Waals surface area contributed by atoms with Crippen molar-refractivity contribution >= 4 is 23.6 Å². The Morgan fingerprint density at radius 1 is 1.60 bits per heavy atom. The first-order valence-electron chi connectivity index (χ1n) is 3.24. The maximum atomic E-state index is 8.16. The van der Waals surface area contributed by atoms with Crippen LogP contribution in [0.3, 0.4) is 0 Å². The molecule has 0 aromatic rings. The fourth-order valence-electron chi connectivity index (χ4n) is 0.586. The van der Waals surface area contributed by atoms with Gasteiger partial charge < -0.3 is 15.4 Å². The predicted octanol–water partition coefficient (Wildman–Crippen LogP) is 0.379. The first-order chi connectivity index (χ1) is 4.81. The third kappa shape index (κ3) is 6.54. The molecule has 0 amide bonds. The molecule has 0 saturated heterocycles. The van der Waals surface area contributed by atoms with Crippen molar-refractivity contribution in [3.63, 3.8) is 0 Å². The molecule has 1 radical (unpaired) electrons. The molecule has 0 aliphatic carbocycles. The number of hydrogen-bond donors (Lipinski definition) is 2. The van der Waals surface area contributed by atoms with Gasteiger partial charge in [-0.05, 0) is 19.3 Å². The molecule has 0 fully saturated rings. The van der Waals surface area contributed by atoms with Crippen molar-refractivity contribution in [2.24, 2.45) is 5.73 Å². The van der Waals surface area contributed by atoms with Gasteiger partial charge in [0.15, 0.2) is 0 Å². The molecule has 0 aromatic heterocycles. The molecule has 10 heavy (non-hydrogen) atoms. The van der Waals surface area contributed by atoms with Gasteiger partial charge in [-0.15, -0.1) is 0 Å². The second-order valence-electron chi connectivity index (χ2n) is 1.96. The molecule has 59 valence electrons. The van der Waals surface area contributed by atoms with Gasteiger partial charge in [-0.2, -0.15) is 0 Å². The molecule has 0 aliphatic heterocycles. The van der Waals surface area contributed by atoms with Gasteiger partial charge in [0.25, 0.3) is 0 Å². The highest BCUT2D eigenvalue weighted by atomic mass is 79.9. The lowest BCUT2D eigenvalue weighted by Gasteiger charge is -2.08. The van der Waals surface area contributed by atoms with E-state index < -0.39 is 0 Å². The Morgan fingerprint density at radius 3 is 2.80 bits per heavy atom. The Balaban J connectivity index is 2.97. The van der Waals surface area contributed by atoms with Gasteiger partial charge in [0.1, 0.15) is 0 Å². The average Bonchev–Trinajstić information content (AvgIpc) is 1.89. The number of nitrogens with two attached hydrogens (primary N) is 1. The fourth-order valence-corrected chi connectivity index (χ4v) is 0.983. The summed E-state index contributed by atoms with van der Waals surface area (Å²) in [5.41, 5.74) is 5.40. The number of alkyl halides is 1. The first kappa shape index (κ1) is 10.4. The van der Waals surface area contributed by atoms with Crippen LogP contribution in [0.1, 0.15) is 19.3 Å². The zero-order valence-corrected chi connectivity index (χ0v) is 7.38. The van der Waals surface area contributed by atoms with Crippen LogP contribution >= 0.6 is 15.9 Å². The van der Waals surface area contributed by atoms with Crippen molar-refractivity contribution in [2.45, 2.75) is 25.5 Å². The minimum atomic E-state index is -0.357. The van der Waals surface area contributed by atoms with Crippen molar-refractivity contribution in [3.8, 4) is 0 Å². The van der Waals surface area contributed by atoms with E-state index in [1.54, 1.807) is 0 Å². The summed E-state index contributed by atoms with van der Waals surface area (Å²) in [6.45, 7) is 0. The summed E-state index contributed by atoms with van der Waals surface area (Å²) in [6.07, 6.45) is 2.52.